The van der Waals surface area contributed by atoms with E-state index in [1.165, 1.54) is 0 Å². The molecule has 0 amide bonds. The third-order valence-electron chi connectivity index (χ3n) is 3.37. The smallest absolute Gasteiger partial charge is 0.358 e. The van der Waals surface area contributed by atoms with E-state index < -0.39 is 5.97 Å². The fraction of sp³-hybridized carbons (Fsp3) is 0.500. The number of nitrogens with zero attached hydrogens (tertiary/aromatic N) is 5. The highest BCUT2D eigenvalue weighted by atomic mass is 16.4. The lowest BCUT2D eigenvalue weighted by Crippen LogP contribution is -2.12. The van der Waals surface area contributed by atoms with E-state index in [1.807, 2.05) is 17.7 Å². The van der Waals surface area contributed by atoms with Crippen LogP contribution in [0.4, 0.5) is 0 Å². The molecule has 0 spiro atoms. The van der Waals surface area contributed by atoms with Gasteiger partial charge < -0.3 is 9.67 Å². The first kappa shape index (κ1) is 11.9. The lowest BCUT2D eigenvalue weighted by molar-refractivity contribution is 0.0689. The van der Waals surface area contributed by atoms with Gasteiger partial charge >= 0.3 is 5.97 Å². The molecule has 1 N–H and O–H groups in total. The number of carboxylic acids is 1. The summed E-state index contributed by atoms with van der Waals surface area (Å²) < 4.78 is 3.69. The first-order valence-corrected chi connectivity index (χ1v) is 6.37. The van der Waals surface area contributed by atoms with Gasteiger partial charge in [0.2, 0.25) is 0 Å². The molecular weight excluding hydrogens is 246 g/mol. The first-order valence-electron chi connectivity index (χ1n) is 6.37. The van der Waals surface area contributed by atoms with Crippen molar-refractivity contribution in [1.29, 1.82) is 0 Å². The number of aromatic carboxylic acids is 1. The monoisotopic (exact) mass is 261 g/mol. The number of aromatic nitrogens is 5. The molecule has 0 aliphatic heterocycles. The standard InChI is InChI=1S/C12H15N5O2/c1-2-16-6-5-13-9(16)7-17-11(8-3-4-8)10(12(18)19)14-15-17/h5-6,8H,2-4,7H2,1H3,(H,18,19). The summed E-state index contributed by atoms with van der Waals surface area (Å²) in [5, 5.41) is 16.9. The van der Waals surface area contributed by atoms with Crippen molar-refractivity contribution in [2.75, 3.05) is 0 Å². The molecule has 1 aliphatic rings. The Labute approximate surface area is 109 Å². The minimum atomic E-state index is -1.01. The van der Waals surface area contributed by atoms with E-state index in [0.717, 1.165) is 30.9 Å². The average Bonchev–Trinajstić information content (AvgIpc) is 2.98. The number of aryl methyl sites for hydroxylation is 1. The molecule has 0 unspecified atom stereocenters. The second kappa shape index (κ2) is 4.49. The van der Waals surface area contributed by atoms with E-state index in [4.69, 9.17) is 5.11 Å². The number of rotatable bonds is 5. The van der Waals surface area contributed by atoms with Crippen LogP contribution in [0.25, 0.3) is 0 Å². The molecule has 0 aromatic carbocycles. The number of carbonyl (C=O) groups is 1. The van der Waals surface area contributed by atoms with Crippen molar-refractivity contribution < 1.29 is 9.90 Å². The van der Waals surface area contributed by atoms with Crippen LogP contribution >= 0.6 is 0 Å². The lowest BCUT2D eigenvalue weighted by atomic mass is 10.2. The van der Waals surface area contributed by atoms with Crippen LogP contribution in [0, 0.1) is 0 Å². The van der Waals surface area contributed by atoms with Crippen molar-refractivity contribution in [2.24, 2.45) is 0 Å². The SMILES string of the molecule is CCn1ccnc1Cn1nnc(C(=O)O)c1C1CC1. The molecule has 3 rings (SSSR count). The largest absolute Gasteiger partial charge is 0.476 e. The van der Waals surface area contributed by atoms with Crippen LogP contribution in [0.5, 0.6) is 0 Å². The molecule has 2 heterocycles. The quantitative estimate of drug-likeness (QED) is 0.871. The van der Waals surface area contributed by atoms with Crippen molar-refractivity contribution in [3.63, 3.8) is 0 Å². The normalized spacial score (nSPS) is 14.8. The van der Waals surface area contributed by atoms with Crippen molar-refractivity contribution >= 4 is 5.97 Å². The summed E-state index contributed by atoms with van der Waals surface area (Å²) in [4.78, 5) is 15.4. The second-order valence-electron chi connectivity index (χ2n) is 4.69. The molecule has 1 fully saturated rings. The highest BCUT2D eigenvalue weighted by molar-refractivity contribution is 5.86. The maximum atomic E-state index is 11.2. The van der Waals surface area contributed by atoms with Gasteiger partial charge in [-0.15, -0.1) is 5.10 Å². The first-order chi connectivity index (χ1) is 9.20. The Kier molecular flexibility index (Phi) is 2.81. The topological polar surface area (TPSA) is 85.8 Å². The Balaban J connectivity index is 1.95. The Morgan fingerprint density at radius 1 is 1.53 bits per heavy atom. The van der Waals surface area contributed by atoms with Gasteiger partial charge in [-0.1, -0.05) is 5.21 Å². The van der Waals surface area contributed by atoms with E-state index in [1.54, 1.807) is 10.9 Å². The second-order valence-corrected chi connectivity index (χ2v) is 4.69. The Hall–Kier alpha value is -2.18. The molecular formula is C12H15N5O2. The zero-order chi connectivity index (χ0) is 13.4. The molecule has 100 valence electrons. The van der Waals surface area contributed by atoms with Gasteiger partial charge in [0.15, 0.2) is 5.69 Å². The fourth-order valence-corrected chi connectivity index (χ4v) is 2.26. The number of carboxylic acid groups (broad SMARTS) is 1. The molecule has 0 radical (unpaired) electrons. The summed E-state index contributed by atoms with van der Waals surface area (Å²) in [6.45, 7) is 3.33. The molecule has 1 saturated carbocycles. The maximum Gasteiger partial charge on any atom is 0.358 e. The van der Waals surface area contributed by atoms with Crippen LogP contribution < -0.4 is 0 Å². The molecule has 2 aromatic rings. The molecule has 7 nitrogen and oxygen atoms in total. The third-order valence-corrected chi connectivity index (χ3v) is 3.37. The van der Waals surface area contributed by atoms with Gasteiger partial charge in [0.25, 0.3) is 0 Å². The molecule has 19 heavy (non-hydrogen) atoms. The van der Waals surface area contributed by atoms with Crippen LogP contribution in [-0.4, -0.2) is 35.6 Å². The fourth-order valence-electron chi connectivity index (χ4n) is 2.26. The van der Waals surface area contributed by atoms with Crippen LogP contribution in [0.3, 0.4) is 0 Å². The molecule has 2 aromatic heterocycles. The summed E-state index contributed by atoms with van der Waals surface area (Å²) in [5.74, 6) is 0.143. The average molecular weight is 261 g/mol. The van der Waals surface area contributed by atoms with E-state index >= 15 is 0 Å². The lowest BCUT2D eigenvalue weighted by Gasteiger charge is -2.07. The van der Waals surface area contributed by atoms with Crippen LogP contribution in [0.2, 0.25) is 0 Å². The predicted octanol–water partition coefficient (Wildman–Crippen LogP) is 1.12. The zero-order valence-corrected chi connectivity index (χ0v) is 10.7. The van der Waals surface area contributed by atoms with Gasteiger partial charge in [-0.2, -0.15) is 0 Å². The summed E-state index contributed by atoms with van der Waals surface area (Å²) in [5.41, 5.74) is 0.815. The van der Waals surface area contributed by atoms with E-state index in [0.29, 0.717) is 6.54 Å². The van der Waals surface area contributed by atoms with Gasteiger partial charge in [-0.25, -0.2) is 14.5 Å². The summed E-state index contributed by atoms with van der Waals surface area (Å²) in [7, 11) is 0. The van der Waals surface area contributed by atoms with E-state index in [2.05, 4.69) is 15.3 Å². The van der Waals surface area contributed by atoms with Gasteiger partial charge in [0.1, 0.15) is 12.4 Å². The molecule has 7 heteroatoms. The molecule has 0 saturated heterocycles. The minimum Gasteiger partial charge on any atom is -0.476 e. The predicted molar refractivity (Wildman–Crippen MR) is 66.0 cm³/mol. The van der Waals surface area contributed by atoms with Crippen molar-refractivity contribution in [2.45, 2.75) is 38.8 Å². The Morgan fingerprint density at radius 2 is 2.32 bits per heavy atom. The van der Waals surface area contributed by atoms with Crippen LogP contribution in [0.1, 0.15) is 47.7 Å². The van der Waals surface area contributed by atoms with Gasteiger partial charge in [0.05, 0.1) is 5.69 Å². The van der Waals surface area contributed by atoms with E-state index in [-0.39, 0.29) is 11.6 Å². The van der Waals surface area contributed by atoms with Gasteiger partial charge in [-0.05, 0) is 19.8 Å². The minimum absolute atomic E-state index is 0.0807. The molecule has 0 bridgehead atoms. The van der Waals surface area contributed by atoms with Crippen LogP contribution in [-0.2, 0) is 13.1 Å². The Bertz CT molecular complexity index is 611. The summed E-state index contributed by atoms with van der Waals surface area (Å²) >= 11 is 0. The number of hydrogen-bond acceptors (Lipinski definition) is 4. The summed E-state index contributed by atoms with van der Waals surface area (Å²) in [6, 6.07) is 0. The van der Waals surface area contributed by atoms with Crippen molar-refractivity contribution in [3.05, 3.63) is 29.6 Å². The van der Waals surface area contributed by atoms with E-state index in [9.17, 15) is 4.79 Å². The van der Waals surface area contributed by atoms with Crippen LogP contribution in [0.15, 0.2) is 12.4 Å². The maximum absolute atomic E-state index is 11.2. The number of hydrogen-bond donors (Lipinski definition) is 1. The van der Waals surface area contributed by atoms with Gasteiger partial charge in [0, 0.05) is 24.9 Å². The highest BCUT2D eigenvalue weighted by Crippen LogP contribution is 2.41. The summed E-state index contributed by atoms with van der Waals surface area (Å²) in [6.07, 6.45) is 5.66. The molecule has 0 atom stereocenters. The Morgan fingerprint density at radius 3 is 2.95 bits per heavy atom. The third kappa shape index (κ3) is 2.11. The van der Waals surface area contributed by atoms with Crippen molar-refractivity contribution in [3.8, 4) is 0 Å². The zero-order valence-electron chi connectivity index (χ0n) is 10.7. The van der Waals surface area contributed by atoms with Crippen molar-refractivity contribution in [1.82, 2.24) is 24.5 Å². The number of imidazole rings is 1. The highest BCUT2D eigenvalue weighted by Gasteiger charge is 2.33. The van der Waals surface area contributed by atoms with Gasteiger partial charge in [-0.3, -0.25) is 0 Å². The molecule has 1 aliphatic carbocycles.